The Kier molecular flexibility index (Phi) is 5.04. The molecule has 1 aromatic carbocycles. The van der Waals surface area contributed by atoms with Crippen LogP contribution in [0.1, 0.15) is 38.2 Å². The van der Waals surface area contributed by atoms with Gasteiger partial charge in [0.05, 0.1) is 5.60 Å². The standard InChI is InChI=1S/C15H22INO/c1-2-18-15(9-3-4-10-15)14(17)11-12-5-7-13(16)8-6-12/h5-8,14H,2-4,9-11,17H2,1H3. The first-order chi connectivity index (χ1) is 8.66. The van der Waals surface area contributed by atoms with Gasteiger partial charge in [-0.05, 0) is 66.5 Å². The number of hydrogen-bond donors (Lipinski definition) is 1. The second-order valence-corrected chi connectivity index (χ2v) is 6.39. The topological polar surface area (TPSA) is 35.2 Å². The minimum absolute atomic E-state index is 0.0717. The molecule has 0 aromatic heterocycles. The van der Waals surface area contributed by atoms with Gasteiger partial charge in [-0.3, -0.25) is 0 Å². The van der Waals surface area contributed by atoms with Crippen LogP contribution in [-0.4, -0.2) is 18.2 Å². The third kappa shape index (κ3) is 3.25. The molecular formula is C15H22INO. The fraction of sp³-hybridized carbons (Fsp3) is 0.600. The normalized spacial score (nSPS) is 19.9. The minimum Gasteiger partial charge on any atom is -0.374 e. The number of nitrogens with two attached hydrogens (primary N) is 1. The number of ether oxygens (including phenoxy) is 1. The summed E-state index contributed by atoms with van der Waals surface area (Å²) in [6.45, 7) is 2.83. The molecule has 1 fully saturated rings. The fourth-order valence-corrected chi connectivity index (χ4v) is 3.30. The summed E-state index contributed by atoms with van der Waals surface area (Å²) < 4.78 is 7.29. The fourth-order valence-electron chi connectivity index (χ4n) is 2.94. The SMILES string of the molecule is CCOC1(C(N)Cc2ccc(I)cc2)CCCC1. The molecule has 1 aliphatic rings. The van der Waals surface area contributed by atoms with Gasteiger partial charge >= 0.3 is 0 Å². The van der Waals surface area contributed by atoms with Gasteiger partial charge in [0.1, 0.15) is 0 Å². The lowest BCUT2D eigenvalue weighted by Gasteiger charge is -2.35. The van der Waals surface area contributed by atoms with E-state index in [1.54, 1.807) is 0 Å². The van der Waals surface area contributed by atoms with E-state index in [0.717, 1.165) is 25.9 Å². The third-order valence-electron chi connectivity index (χ3n) is 3.93. The number of halogens is 1. The molecule has 0 spiro atoms. The molecule has 18 heavy (non-hydrogen) atoms. The number of rotatable bonds is 5. The Hall–Kier alpha value is -0.130. The second kappa shape index (κ2) is 6.35. The van der Waals surface area contributed by atoms with Crippen LogP contribution in [0.5, 0.6) is 0 Å². The van der Waals surface area contributed by atoms with E-state index in [0.29, 0.717) is 0 Å². The van der Waals surface area contributed by atoms with Crippen LogP contribution in [0.15, 0.2) is 24.3 Å². The molecule has 0 aliphatic heterocycles. The monoisotopic (exact) mass is 359 g/mol. The van der Waals surface area contributed by atoms with Crippen molar-refractivity contribution in [3.63, 3.8) is 0 Å². The Labute approximate surface area is 123 Å². The van der Waals surface area contributed by atoms with Gasteiger partial charge in [0.15, 0.2) is 0 Å². The summed E-state index contributed by atoms with van der Waals surface area (Å²) in [5.74, 6) is 0. The van der Waals surface area contributed by atoms with Crippen molar-refractivity contribution in [2.24, 2.45) is 5.73 Å². The van der Waals surface area contributed by atoms with Crippen molar-refractivity contribution in [3.8, 4) is 0 Å². The van der Waals surface area contributed by atoms with Crippen LogP contribution < -0.4 is 5.73 Å². The highest BCUT2D eigenvalue weighted by molar-refractivity contribution is 14.1. The van der Waals surface area contributed by atoms with Crippen LogP contribution in [0.3, 0.4) is 0 Å². The largest absolute Gasteiger partial charge is 0.374 e. The zero-order chi connectivity index (χ0) is 13.0. The lowest BCUT2D eigenvalue weighted by molar-refractivity contribution is -0.0524. The van der Waals surface area contributed by atoms with E-state index in [9.17, 15) is 0 Å². The predicted molar refractivity (Wildman–Crippen MR) is 83.7 cm³/mol. The van der Waals surface area contributed by atoms with Crippen LogP contribution in [0.25, 0.3) is 0 Å². The molecule has 1 aromatic rings. The highest BCUT2D eigenvalue weighted by Crippen LogP contribution is 2.36. The number of benzene rings is 1. The van der Waals surface area contributed by atoms with Gasteiger partial charge in [0.2, 0.25) is 0 Å². The van der Waals surface area contributed by atoms with Crippen molar-refractivity contribution < 1.29 is 4.74 Å². The van der Waals surface area contributed by atoms with Crippen molar-refractivity contribution in [1.82, 2.24) is 0 Å². The Morgan fingerprint density at radius 1 is 1.28 bits per heavy atom. The highest BCUT2D eigenvalue weighted by atomic mass is 127. The molecule has 2 nitrogen and oxygen atoms in total. The highest BCUT2D eigenvalue weighted by Gasteiger charge is 2.40. The van der Waals surface area contributed by atoms with Gasteiger partial charge in [-0.15, -0.1) is 0 Å². The smallest absolute Gasteiger partial charge is 0.0835 e. The maximum Gasteiger partial charge on any atom is 0.0835 e. The van der Waals surface area contributed by atoms with Gasteiger partial charge in [-0.1, -0.05) is 25.0 Å². The average molecular weight is 359 g/mol. The zero-order valence-electron chi connectivity index (χ0n) is 11.0. The molecule has 1 aliphatic carbocycles. The minimum atomic E-state index is -0.0717. The lowest BCUT2D eigenvalue weighted by atomic mass is 9.88. The van der Waals surface area contributed by atoms with Crippen molar-refractivity contribution in [2.75, 3.05) is 6.61 Å². The summed E-state index contributed by atoms with van der Waals surface area (Å²) in [5, 5.41) is 0. The first kappa shape index (κ1) is 14.3. The summed E-state index contributed by atoms with van der Waals surface area (Å²) >= 11 is 2.33. The molecule has 0 radical (unpaired) electrons. The maximum atomic E-state index is 6.44. The predicted octanol–water partition coefficient (Wildman–Crippen LogP) is 3.51. The van der Waals surface area contributed by atoms with Crippen LogP contribution in [0, 0.1) is 3.57 Å². The van der Waals surface area contributed by atoms with Crippen LogP contribution in [0.4, 0.5) is 0 Å². The summed E-state index contributed by atoms with van der Waals surface area (Å²) in [4.78, 5) is 0. The molecule has 2 N–H and O–H groups in total. The second-order valence-electron chi connectivity index (χ2n) is 5.14. The van der Waals surface area contributed by atoms with E-state index >= 15 is 0 Å². The number of hydrogen-bond acceptors (Lipinski definition) is 2. The first-order valence-corrected chi connectivity index (χ1v) is 7.88. The van der Waals surface area contributed by atoms with Crippen molar-refractivity contribution in [3.05, 3.63) is 33.4 Å². The molecule has 2 rings (SSSR count). The van der Waals surface area contributed by atoms with Crippen LogP contribution in [0.2, 0.25) is 0 Å². The molecule has 0 saturated heterocycles. The van der Waals surface area contributed by atoms with Crippen LogP contribution >= 0.6 is 22.6 Å². The molecule has 1 atom stereocenters. The van der Waals surface area contributed by atoms with Gasteiger partial charge in [0, 0.05) is 16.2 Å². The molecular weight excluding hydrogens is 337 g/mol. The summed E-state index contributed by atoms with van der Waals surface area (Å²) in [5.41, 5.74) is 7.69. The van der Waals surface area contributed by atoms with E-state index in [1.807, 2.05) is 0 Å². The molecule has 1 unspecified atom stereocenters. The van der Waals surface area contributed by atoms with E-state index in [4.69, 9.17) is 10.5 Å². The Balaban J connectivity index is 2.05. The van der Waals surface area contributed by atoms with Crippen molar-refractivity contribution >= 4 is 22.6 Å². The average Bonchev–Trinajstić information content (AvgIpc) is 2.82. The van der Waals surface area contributed by atoms with E-state index < -0.39 is 0 Å². The quantitative estimate of drug-likeness (QED) is 0.817. The first-order valence-electron chi connectivity index (χ1n) is 6.80. The Morgan fingerprint density at radius 2 is 1.89 bits per heavy atom. The van der Waals surface area contributed by atoms with Gasteiger partial charge in [-0.2, -0.15) is 0 Å². The molecule has 0 bridgehead atoms. The van der Waals surface area contributed by atoms with Crippen molar-refractivity contribution in [1.29, 1.82) is 0 Å². The summed E-state index contributed by atoms with van der Waals surface area (Å²) in [6.07, 6.45) is 5.65. The summed E-state index contributed by atoms with van der Waals surface area (Å²) in [7, 11) is 0. The maximum absolute atomic E-state index is 6.44. The van der Waals surface area contributed by atoms with Gasteiger partial charge < -0.3 is 10.5 Å². The lowest BCUT2D eigenvalue weighted by Crippen LogP contribution is -2.49. The third-order valence-corrected chi connectivity index (χ3v) is 4.65. The zero-order valence-corrected chi connectivity index (χ0v) is 13.2. The Bertz CT molecular complexity index is 371. The van der Waals surface area contributed by atoms with E-state index in [2.05, 4.69) is 53.8 Å². The van der Waals surface area contributed by atoms with E-state index in [1.165, 1.54) is 22.0 Å². The molecule has 0 heterocycles. The molecule has 100 valence electrons. The van der Waals surface area contributed by atoms with Crippen molar-refractivity contribution in [2.45, 2.75) is 50.7 Å². The molecule has 1 saturated carbocycles. The van der Waals surface area contributed by atoms with Gasteiger partial charge in [-0.25, -0.2) is 0 Å². The molecule has 3 heteroatoms. The molecule has 0 amide bonds. The Morgan fingerprint density at radius 3 is 2.44 bits per heavy atom. The van der Waals surface area contributed by atoms with Crippen LogP contribution in [-0.2, 0) is 11.2 Å². The van der Waals surface area contributed by atoms with E-state index in [-0.39, 0.29) is 11.6 Å². The summed E-state index contributed by atoms with van der Waals surface area (Å²) in [6, 6.07) is 8.75. The van der Waals surface area contributed by atoms with Gasteiger partial charge in [0.25, 0.3) is 0 Å².